The number of hydrogen-bond donors (Lipinski definition) is 3. The van der Waals surface area contributed by atoms with Crippen LogP contribution >= 0.6 is 0 Å². The molecule has 1 atom stereocenters. The molecule has 0 fully saturated rings. The van der Waals surface area contributed by atoms with E-state index >= 15 is 0 Å². The summed E-state index contributed by atoms with van der Waals surface area (Å²) in [4.78, 5) is 13.2. The van der Waals surface area contributed by atoms with Crippen molar-refractivity contribution >= 4 is 22.4 Å². The molecule has 6 heteroatoms. The zero-order valence-electron chi connectivity index (χ0n) is 14.0. The first-order valence-corrected chi connectivity index (χ1v) is 8.32. The summed E-state index contributed by atoms with van der Waals surface area (Å²) in [5.41, 5.74) is 6.66. The van der Waals surface area contributed by atoms with Gasteiger partial charge in [0.15, 0.2) is 0 Å². The lowest BCUT2D eigenvalue weighted by Gasteiger charge is -2.34. The third kappa shape index (κ3) is 1.75. The van der Waals surface area contributed by atoms with Crippen LogP contribution in [0.4, 0.5) is 5.69 Å². The molecule has 4 N–H and O–H groups in total. The van der Waals surface area contributed by atoms with Gasteiger partial charge < -0.3 is 20.9 Å². The molecule has 1 amide bonds. The minimum absolute atomic E-state index is 0.0654. The molecule has 3 aromatic carbocycles. The number of hydrogen-bond acceptors (Lipinski definition) is 5. The number of phenolic OH excluding ortho intramolecular Hbond substituents is 1. The van der Waals surface area contributed by atoms with Crippen LogP contribution in [-0.2, 0) is 10.2 Å². The molecular weight excluding hydrogens is 342 g/mol. The highest BCUT2D eigenvalue weighted by Gasteiger charge is 2.56. The number of aromatic hydroxyl groups is 1. The van der Waals surface area contributed by atoms with Crippen LogP contribution in [-0.4, -0.2) is 11.0 Å². The number of anilines is 1. The van der Waals surface area contributed by atoms with Crippen molar-refractivity contribution in [2.75, 3.05) is 5.32 Å². The number of phenols is 1. The quantitative estimate of drug-likeness (QED) is 0.575. The molecule has 5 rings (SSSR count). The Balaban J connectivity index is 1.95. The summed E-state index contributed by atoms with van der Waals surface area (Å²) in [6.07, 6.45) is 0. The fourth-order valence-electron chi connectivity index (χ4n) is 4.09. The average Bonchev–Trinajstić information content (AvgIpc) is 2.94. The minimum Gasteiger partial charge on any atom is -0.508 e. The van der Waals surface area contributed by atoms with E-state index in [9.17, 15) is 15.2 Å². The molecule has 0 aliphatic carbocycles. The van der Waals surface area contributed by atoms with E-state index in [0.717, 1.165) is 5.39 Å². The minimum atomic E-state index is -1.37. The highest BCUT2D eigenvalue weighted by Crippen LogP contribution is 2.54. The van der Waals surface area contributed by atoms with Gasteiger partial charge in [0.05, 0.1) is 0 Å². The third-order valence-corrected chi connectivity index (χ3v) is 5.22. The van der Waals surface area contributed by atoms with Crippen molar-refractivity contribution in [2.45, 2.75) is 5.41 Å². The van der Waals surface area contributed by atoms with Gasteiger partial charge in [-0.15, -0.1) is 0 Å². The fourth-order valence-corrected chi connectivity index (χ4v) is 4.09. The van der Waals surface area contributed by atoms with E-state index in [0.29, 0.717) is 28.0 Å². The lowest BCUT2D eigenvalue weighted by Crippen LogP contribution is -2.42. The number of carbonyl (C=O) groups is 1. The maximum atomic E-state index is 13.2. The number of rotatable bonds is 0. The number of nitrogens with one attached hydrogen (secondary N) is 1. The van der Waals surface area contributed by atoms with Gasteiger partial charge in [-0.25, -0.2) is 0 Å². The van der Waals surface area contributed by atoms with Crippen molar-refractivity contribution < 1.29 is 14.6 Å². The highest BCUT2D eigenvalue weighted by molar-refractivity contribution is 6.13. The van der Waals surface area contributed by atoms with Gasteiger partial charge in [0.1, 0.15) is 28.6 Å². The molecule has 130 valence electrons. The maximum absolute atomic E-state index is 13.2. The van der Waals surface area contributed by atoms with Crippen molar-refractivity contribution in [3.63, 3.8) is 0 Å². The van der Waals surface area contributed by atoms with Crippen molar-refractivity contribution in [1.29, 1.82) is 5.26 Å². The lowest BCUT2D eigenvalue weighted by atomic mass is 9.68. The molecule has 0 radical (unpaired) electrons. The van der Waals surface area contributed by atoms with Crippen molar-refractivity contribution in [3.05, 3.63) is 77.2 Å². The summed E-state index contributed by atoms with van der Waals surface area (Å²) in [5, 5.41) is 23.9. The van der Waals surface area contributed by atoms with Gasteiger partial charge in [0, 0.05) is 22.2 Å². The van der Waals surface area contributed by atoms with E-state index in [1.165, 1.54) is 0 Å². The molecule has 3 aromatic rings. The Morgan fingerprint density at radius 1 is 1.11 bits per heavy atom. The van der Waals surface area contributed by atoms with Gasteiger partial charge in [0.2, 0.25) is 11.8 Å². The van der Waals surface area contributed by atoms with Crippen molar-refractivity contribution in [1.82, 2.24) is 0 Å². The number of ether oxygens (including phenoxy) is 1. The van der Waals surface area contributed by atoms with Crippen LogP contribution in [0.2, 0.25) is 0 Å². The van der Waals surface area contributed by atoms with Crippen molar-refractivity contribution in [3.8, 4) is 17.6 Å². The zero-order valence-corrected chi connectivity index (χ0v) is 14.0. The molecule has 2 aliphatic rings. The molecule has 1 spiro atoms. The number of fused-ring (bicyclic) bond motifs is 6. The first kappa shape index (κ1) is 15.3. The second kappa shape index (κ2) is 5.02. The van der Waals surface area contributed by atoms with Crippen molar-refractivity contribution in [2.24, 2.45) is 5.73 Å². The largest absolute Gasteiger partial charge is 0.508 e. The van der Waals surface area contributed by atoms with Crippen LogP contribution in [0.15, 0.2) is 66.1 Å². The van der Waals surface area contributed by atoms with Gasteiger partial charge in [-0.05, 0) is 29.7 Å². The van der Waals surface area contributed by atoms with E-state index in [1.807, 2.05) is 18.2 Å². The standard InChI is InChI=1S/C21H13N3O3/c22-10-16-19(23)27-18-13-7-6-12(25)9-11(13)5-8-15(18)21(16)14-3-1-2-4-17(14)24-20(21)26/h1-9,25H,23H2,(H,24,26)/t21-/m0/s1. The third-order valence-electron chi connectivity index (χ3n) is 5.22. The Morgan fingerprint density at radius 2 is 1.93 bits per heavy atom. The molecule has 0 unspecified atom stereocenters. The second-order valence-corrected chi connectivity index (χ2v) is 6.55. The van der Waals surface area contributed by atoms with E-state index in [-0.39, 0.29) is 23.1 Å². The monoisotopic (exact) mass is 355 g/mol. The number of benzene rings is 3. The van der Waals surface area contributed by atoms with Crippen LogP contribution in [0, 0.1) is 11.3 Å². The number of nitrogens with zero attached hydrogens (tertiary/aromatic N) is 1. The summed E-state index contributed by atoms with van der Waals surface area (Å²) in [7, 11) is 0. The first-order valence-electron chi connectivity index (χ1n) is 8.32. The molecule has 0 aromatic heterocycles. The van der Waals surface area contributed by atoms with Gasteiger partial charge in [-0.3, -0.25) is 4.79 Å². The Hall–Kier alpha value is -3.98. The van der Waals surface area contributed by atoms with Crippen LogP contribution < -0.4 is 15.8 Å². The topological polar surface area (TPSA) is 108 Å². The molecule has 2 aliphatic heterocycles. The molecule has 0 bridgehead atoms. The van der Waals surface area contributed by atoms with Crippen LogP contribution in [0.5, 0.6) is 11.5 Å². The summed E-state index contributed by atoms with van der Waals surface area (Å²) < 4.78 is 5.81. The Labute approximate surface area is 154 Å². The van der Waals surface area contributed by atoms with E-state index in [1.54, 1.807) is 36.4 Å². The highest BCUT2D eigenvalue weighted by atomic mass is 16.5. The Kier molecular flexibility index (Phi) is 2.84. The number of carbonyl (C=O) groups excluding carboxylic acids is 1. The van der Waals surface area contributed by atoms with E-state index < -0.39 is 5.41 Å². The first-order chi connectivity index (χ1) is 13.1. The van der Waals surface area contributed by atoms with Gasteiger partial charge in [-0.1, -0.05) is 30.3 Å². The summed E-state index contributed by atoms with van der Waals surface area (Å²) in [5.74, 6) is 0.0947. The molecule has 6 nitrogen and oxygen atoms in total. The number of amides is 1. The van der Waals surface area contributed by atoms with Gasteiger partial charge in [-0.2, -0.15) is 5.26 Å². The lowest BCUT2D eigenvalue weighted by molar-refractivity contribution is -0.118. The average molecular weight is 355 g/mol. The Bertz CT molecular complexity index is 1240. The normalized spacial score (nSPS) is 20.0. The van der Waals surface area contributed by atoms with Gasteiger partial charge >= 0.3 is 0 Å². The van der Waals surface area contributed by atoms with Crippen LogP contribution in [0.3, 0.4) is 0 Å². The molecular formula is C21H13N3O3. The van der Waals surface area contributed by atoms with E-state index in [4.69, 9.17) is 10.5 Å². The maximum Gasteiger partial charge on any atom is 0.245 e. The molecule has 2 heterocycles. The number of nitriles is 1. The summed E-state index contributed by atoms with van der Waals surface area (Å²) in [6.45, 7) is 0. The SMILES string of the molecule is N#CC1=C(N)Oc2c(ccc3cc(O)ccc23)[C@]12C(=O)Nc1ccccc12. The van der Waals surface area contributed by atoms with Crippen LogP contribution in [0.25, 0.3) is 10.8 Å². The predicted molar refractivity (Wildman–Crippen MR) is 98.9 cm³/mol. The molecule has 0 saturated carbocycles. The fraction of sp³-hybridized carbons (Fsp3) is 0.0476. The summed E-state index contributed by atoms with van der Waals surface area (Å²) in [6, 6.07) is 17.7. The number of para-hydroxylation sites is 1. The number of nitrogens with two attached hydrogens (primary N) is 1. The molecule has 0 saturated heterocycles. The smallest absolute Gasteiger partial charge is 0.245 e. The summed E-state index contributed by atoms with van der Waals surface area (Å²) >= 11 is 0. The van der Waals surface area contributed by atoms with Crippen LogP contribution in [0.1, 0.15) is 11.1 Å². The Morgan fingerprint density at radius 3 is 2.74 bits per heavy atom. The predicted octanol–water partition coefficient (Wildman–Crippen LogP) is 2.87. The zero-order chi connectivity index (χ0) is 18.8. The van der Waals surface area contributed by atoms with Gasteiger partial charge in [0.25, 0.3) is 0 Å². The molecule has 27 heavy (non-hydrogen) atoms. The second-order valence-electron chi connectivity index (χ2n) is 6.55. The van der Waals surface area contributed by atoms with E-state index in [2.05, 4.69) is 11.4 Å².